The SMILES string of the molecule is CC(C)(C)COC1CCC(CC(N)=O)CC1.Cl. The first-order valence-electron chi connectivity index (χ1n) is 6.27. The second kappa shape index (κ2) is 7.22. The fourth-order valence-electron chi connectivity index (χ4n) is 2.16. The molecule has 0 heterocycles. The maximum Gasteiger partial charge on any atom is 0.217 e. The van der Waals surface area contributed by atoms with Crippen molar-refractivity contribution < 1.29 is 9.53 Å². The van der Waals surface area contributed by atoms with Crippen LogP contribution in [0.4, 0.5) is 0 Å². The zero-order chi connectivity index (χ0) is 12.2. The molecule has 3 nitrogen and oxygen atoms in total. The molecule has 0 aromatic carbocycles. The Kier molecular flexibility index (Phi) is 7.10. The molecule has 2 N–H and O–H groups in total. The molecule has 0 unspecified atom stereocenters. The zero-order valence-electron chi connectivity index (χ0n) is 11.2. The highest BCUT2D eigenvalue weighted by Crippen LogP contribution is 2.29. The first-order valence-corrected chi connectivity index (χ1v) is 6.27. The lowest BCUT2D eigenvalue weighted by atomic mass is 9.85. The Morgan fingerprint density at radius 3 is 2.18 bits per heavy atom. The number of halogens is 1. The monoisotopic (exact) mass is 263 g/mol. The lowest BCUT2D eigenvalue weighted by Gasteiger charge is -2.30. The van der Waals surface area contributed by atoms with Gasteiger partial charge < -0.3 is 10.5 Å². The van der Waals surface area contributed by atoms with Crippen LogP contribution in [0.25, 0.3) is 0 Å². The molecule has 0 aromatic rings. The largest absolute Gasteiger partial charge is 0.378 e. The van der Waals surface area contributed by atoms with Gasteiger partial charge in [0.05, 0.1) is 12.7 Å². The fourth-order valence-corrected chi connectivity index (χ4v) is 2.16. The molecule has 1 rings (SSSR count). The van der Waals surface area contributed by atoms with Crippen molar-refractivity contribution >= 4 is 18.3 Å². The smallest absolute Gasteiger partial charge is 0.217 e. The molecule has 1 fully saturated rings. The first-order chi connectivity index (χ1) is 7.37. The molecule has 1 aliphatic rings. The van der Waals surface area contributed by atoms with Crippen molar-refractivity contribution in [3.8, 4) is 0 Å². The normalized spacial score (nSPS) is 25.1. The van der Waals surface area contributed by atoms with Crippen molar-refractivity contribution in [3.05, 3.63) is 0 Å². The number of hydrogen-bond donors (Lipinski definition) is 1. The molecule has 17 heavy (non-hydrogen) atoms. The van der Waals surface area contributed by atoms with Crippen molar-refractivity contribution in [1.82, 2.24) is 0 Å². The summed E-state index contributed by atoms with van der Waals surface area (Å²) in [6, 6.07) is 0. The van der Waals surface area contributed by atoms with Crippen LogP contribution in [0.3, 0.4) is 0 Å². The standard InChI is InChI=1S/C13H25NO2.ClH/c1-13(2,3)9-16-11-6-4-10(5-7-11)8-12(14)15;/h10-11H,4-9H2,1-3H3,(H2,14,15);1H. The van der Waals surface area contributed by atoms with E-state index in [1.165, 1.54) is 0 Å². The number of primary amides is 1. The van der Waals surface area contributed by atoms with Crippen LogP contribution >= 0.6 is 12.4 Å². The van der Waals surface area contributed by atoms with Gasteiger partial charge in [0.25, 0.3) is 0 Å². The summed E-state index contributed by atoms with van der Waals surface area (Å²) < 4.78 is 5.88. The molecule has 0 radical (unpaired) electrons. The Labute approximate surface area is 111 Å². The third-order valence-corrected chi connectivity index (χ3v) is 3.04. The zero-order valence-corrected chi connectivity index (χ0v) is 12.0. The first kappa shape index (κ1) is 16.7. The summed E-state index contributed by atoms with van der Waals surface area (Å²) >= 11 is 0. The predicted octanol–water partition coefficient (Wildman–Crippen LogP) is 2.91. The van der Waals surface area contributed by atoms with Gasteiger partial charge in [0, 0.05) is 6.42 Å². The quantitative estimate of drug-likeness (QED) is 0.848. The van der Waals surface area contributed by atoms with Crippen LogP contribution < -0.4 is 5.73 Å². The number of ether oxygens (including phenoxy) is 1. The number of nitrogens with two attached hydrogens (primary N) is 1. The van der Waals surface area contributed by atoms with E-state index >= 15 is 0 Å². The Balaban J connectivity index is 0.00000256. The third-order valence-electron chi connectivity index (χ3n) is 3.04. The molecular weight excluding hydrogens is 238 g/mol. The van der Waals surface area contributed by atoms with Gasteiger partial charge in [-0.3, -0.25) is 4.79 Å². The van der Waals surface area contributed by atoms with E-state index in [-0.39, 0.29) is 23.7 Å². The van der Waals surface area contributed by atoms with E-state index in [0.29, 0.717) is 18.4 Å². The average molecular weight is 264 g/mol. The maximum atomic E-state index is 10.8. The molecule has 1 amide bonds. The van der Waals surface area contributed by atoms with E-state index in [0.717, 1.165) is 32.3 Å². The summed E-state index contributed by atoms with van der Waals surface area (Å²) in [5.74, 6) is 0.325. The van der Waals surface area contributed by atoms with E-state index in [9.17, 15) is 4.79 Å². The fraction of sp³-hybridized carbons (Fsp3) is 0.923. The van der Waals surface area contributed by atoms with Gasteiger partial charge in [-0.05, 0) is 37.0 Å². The minimum Gasteiger partial charge on any atom is -0.378 e. The molecule has 4 heteroatoms. The molecule has 0 spiro atoms. The molecule has 0 bridgehead atoms. The van der Waals surface area contributed by atoms with Gasteiger partial charge in [-0.25, -0.2) is 0 Å². The van der Waals surface area contributed by atoms with E-state index in [2.05, 4.69) is 20.8 Å². The number of rotatable bonds is 4. The summed E-state index contributed by atoms with van der Waals surface area (Å²) in [7, 11) is 0. The molecule has 0 atom stereocenters. The van der Waals surface area contributed by atoms with Crippen LogP contribution in [0.1, 0.15) is 52.9 Å². The topological polar surface area (TPSA) is 52.3 Å². The van der Waals surface area contributed by atoms with Crippen molar-refractivity contribution in [1.29, 1.82) is 0 Å². The number of amides is 1. The summed E-state index contributed by atoms with van der Waals surface area (Å²) in [6.45, 7) is 7.38. The van der Waals surface area contributed by atoms with Gasteiger partial charge in [0.2, 0.25) is 5.91 Å². The Hall–Kier alpha value is -0.280. The highest BCUT2D eigenvalue weighted by molar-refractivity contribution is 5.85. The minimum absolute atomic E-state index is 0. The van der Waals surface area contributed by atoms with E-state index in [4.69, 9.17) is 10.5 Å². The van der Waals surface area contributed by atoms with Crippen LogP contribution in [0, 0.1) is 11.3 Å². The molecule has 0 aliphatic heterocycles. The highest BCUT2D eigenvalue weighted by atomic mass is 35.5. The van der Waals surface area contributed by atoms with E-state index in [1.807, 2.05) is 0 Å². The molecule has 102 valence electrons. The summed E-state index contributed by atoms with van der Waals surface area (Å²) in [5, 5.41) is 0. The van der Waals surface area contributed by atoms with E-state index in [1.54, 1.807) is 0 Å². The minimum atomic E-state index is -0.168. The van der Waals surface area contributed by atoms with Crippen LogP contribution in [0.15, 0.2) is 0 Å². The summed E-state index contributed by atoms with van der Waals surface area (Å²) in [5.41, 5.74) is 5.44. The van der Waals surface area contributed by atoms with Crippen molar-refractivity contribution in [2.45, 2.75) is 59.0 Å². The van der Waals surface area contributed by atoms with Gasteiger partial charge in [-0.2, -0.15) is 0 Å². The number of carbonyl (C=O) groups excluding carboxylic acids is 1. The summed E-state index contributed by atoms with van der Waals surface area (Å²) in [6.07, 6.45) is 5.26. The van der Waals surface area contributed by atoms with Gasteiger partial charge >= 0.3 is 0 Å². The van der Waals surface area contributed by atoms with Crippen LogP contribution in [0.2, 0.25) is 0 Å². The second-order valence-corrected chi connectivity index (χ2v) is 6.18. The number of hydrogen-bond acceptors (Lipinski definition) is 2. The van der Waals surface area contributed by atoms with Crippen molar-refractivity contribution in [2.75, 3.05) is 6.61 Å². The lowest BCUT2D eigenvalue weighted by Crippen LogP contribution is -2.27. The Morgan fingerprint density at radius 1 is 1.24 bits per heavy atom. The molecule has 0 aromatic heterocycles. The van der Waals surface area contributed by atoms with Gasteiger partial charge in [-0.15, -0.1) is 12.4 Å². The second-order valence-electron chi connectivity index (χ2n) is 6.18. The lowest BCUT2D eigenvalue weighted by molar-refractivity contribution is -0.119. The maximum absolute atomic E-state index is 10.8. The molecule has 1 saturated carbocycles. The summed E-state index contributed by atoms with van der Waals surface area (Å²) in [4.78, 5) is 10.8. The number of carbonyl (C=O) groups is 1. The highest BCUT2D eigenvalue weighted by Gasteiger charge is 2.24. The van der Waals surface area contributed by atoms with Crippen LogP contribution in [-0.2, 0) is 9.53 Å². The van der Waals surface area contributed by atoms with Crippen molar-refractivity contribution in [3.63, 3.8) is 0 Å². The van der Waals surface area contributed by atoms with Crippen LogP contribution in [0.5, 0.6) is 0 Å². The van der Waals surface area contributed by atoms with Gasteiger partial charge in [-0.1, -0.05) is 20.8 Å². The molecule has 1 aliphatic carbocycles. The predicted molar refractivity (Wildman–Crippen MR) is 72.2 cm³/mol. The molecular formula is C13H26ClNO2. The Morgan fingerprint density at radius 2 is 1.76 bits per heavy atom. The average Bonchev–Trinajstić information content (AvgIpc) is 2.14. The van der Waals surface area contributed by atoms with Crippen LogP contribution in [-0.4, -0.2) is 18.6 Å². The third kappa shape index (κ3) is 7.61. The van der Waals surface area contributed by atoms with E-state index < -0.39 is 0 Å². The molecule has 0 saturated heterocycles. The van der Waals surface area contributed by atoms with Gasteiger partial charge in [0.1, 0.15) is 0 Å². The van der Waals surface area contributed by atoms with Gasteiger partial charge in [0.15, 0.2) is 0 Å². The van der Waals surface area contributed by atoms with Crippen molar-refractivity contribution in [2.24, 2.45) is 17.1 Å². The Bertz CT molecular complexity index is 230.